The molecule has 90 valence electrons. The van der Waals surface area contributed by atoms with Crippen LogP contribution in [0.25, 0.3) is 11.3 Å². The Morgan fingerprint density at radius 1 is 1.29 bits per heavy atom. The van der Waals surface area contributed by atoms with E-state index in [0.717, 1.165) is 36.7 Å². The summed E-state index contributed by atoms with van der Waals surface area (Å²) < 4.78 is 5.75. The van der Waals surface area contributed by atoms with Gasteiger partial charge in [0.2, 0.25) is 0 Å². The number of aromatic nitrogens is 1. The minimum absolute atomic E-state index is 0.796. The number of rotatable bonds is 5. The summed E-state index contributed by atoms with van der Waals surface area (Å²) in [7, 11) is 0. The van der Waals surface area contributed by atoms with Gasteiger partial charge in [0.1, 0.15) is 0 Å². The lowest BCUT2D eigenvalue weighted by molar-refractivity contribution is 0.497. The van der Waals surface area contributed by atoms with E-state index in [1.54, 1.807) is 0 Å². The summed E-state index contributed by atoms with van der Waals surface area (Å²) in [6, 6.07) is 8.19. The smallest absolute Gasteiger partial charge is 0.196 e. The quantitative estimate of drug-likeness (QED) is 0.803. The van der Waals surface area contributed by atoms with E-state index in [1.165, 1.54) is 5.56 Å². The van der Waals surface area contributed by atoms with Gasteiger partial charge in [-0.3, -0.25) is 0 Å². The Morgan fingerprint density at radius 2 is 2.12 bits per heavy atom. The number of hydrogen-bond donors (Lipinski definition) is 1. The van der Waals surface area contributed by atoms with Crippen LogP contribution in [0.1, 0.15) is 18.4 Å². The average Bonchev–Trinajstić information content (AvgIpc) is 2.79. The highest BCUT2D eigenvalue weighted by molar-refractivity contribution is 5.60. The van der Waals surface area contributed by atoms with Gasteiger partial charge in [-0.1, -0.05) is 31.2 Å². The molecule has 3 nitrogen and oxygen atoms in total. The average molecular weight is 230 g/mol. The van der Waals surface area contributed by atoms with E-state index in [2.05, 4.69) is 36.3 Å². The summed E-state index contributed by atoms with van der Waals surface area (Å²) in [5.74, 6) is 1.65. The van der Waals surface area contributed by atoms with Gasteiger partial charge in [-0.25, -0.2) is 4.98 Å². The zero-order chi connectivity index (χ0) is 12.1. The van der Waals surface area contributed by atoms with E-state index in [0.29, 0.717) is 0 Å². The third-order valence-corrected chi connectivity index (χ3v) is 2.73. The molecule has 17 heavy (non-hydrogen) atoms. The van der Waals surface area contributed by atoms with Gasteiger partial charge in [0.05, 0.1) is 6.20 Å². The van der Waals surface area contributed by atoms with Crippen molar-refractivity contribution in [1.29, 1.82) is 0 Å². The molecule has 1 N–H and O–H groups in total. The summed E-state index contributed by atoms with van der Waals surface area (Å²) >= 11 is 0. The van der Waals surface area contributed by atoms with Crippen molar-refractivity contribution >= 4 is 0 Å². The molecule has 0 bridgehead atoms. The molecule has 0 radical (unpaired) electrons. The molecule has 0 saturated carbocycles. The number of aryl methyl sites for hydroxylation is 1. The first-order valence-electron chi connectivity index (χ1n) is 6.02. The van der Waals surface area contributed by atoms with Crippen molar-refractivity contribution in [1.82, 2.24) is 10.3 Å². The molecule has 0 aliphatic heterocycles. The molecule has 0 aliphatic carbocycles. The molecule has 1 heterocycles. The number of nitrogens with one attached hydrogen (secondary N) is 1. The van der Waals surface area contributed by atoms with Crippen LogP contribution >= 0.6 is 0 Å². The standard InChI is InChI=1S/C14H18N2O/c1-3-15-9-8-14-16-10-13(17-14)12-7-5-4-6-11(12)2/h4-7,10,15H,3,8-9H2,1-2H3. The number of likely N-dealkylation sites (N-methyl/N-ethyl adjacent to an activating group) is 1. The zero-order valence-electron chi connectivity index (χ0n) is 10.4. The molecule has 0 atom stereocenters. The highest BCUT2D eigenvalue weighted by atomic mass is 16.4. The minimum Gasteiger partial charge on any atom is -0.441 e. The van der Waals surface area contributed by atoms with E-state index in [9.17, 15) is 0 Å². The van der Waals surface area contributed by atoms with Crippen LogP contribution in [0, 0.1) is 6.92 Å². The maximum absolute atomic E-state index is 5.75. The zero-order valence-corrected chi connectivity index (χ0v) is 10.4. The molecule has 0 fully saturated rings. The van der Waals surface area contributed by atoms with E-state index < -0.39 is 0 Å². The highest BCUT2D eigenvalue weighted by Gasteiger charge is 2.07. The summed E-state index contributed by atoms with van der Waals surface area (Å²) in [6.07, 6.45) is 2.64. The van der Waals surface area contributed by atoms with Crippen LogP contribution in [0.5, 0.6) is 0 Å². The molecule has 3 heteroatoms. The highest BCUT2D eigenvalue weighted by Crippen LogP contribution is 2.23. The van der Waals surface area contributed by atoms with Crippen molar-refractivity contribution in [2.45, 2.75) is 20.3 Å². The molecule has 0 saturated heterocycles. The van der Waals surface area contributed by atoms with Crippen molar-refractivity contribution in [2.75, 3.05) is 13.1 Å². The third kappa shape index (κ3) is 2.94. The fourth-order valence-corrected chi connectivity index (χ4v) is 1.77. The Balaban J connectivity index is 2.10. The fraction of sp³-hybridized carbons (Fsp3) is 0.357. The van der Waals surface area contributed by atoms with Gasteiger partial charge in [0.15, 0.2) is 11.7 Å². The van der Waals surface area contributed by atoms with Gasteiger partial charge < -0.3 is 9.73 Å². The molecular weight excluding hydrogens is 212 g/mol. The van der Waals surface area contributed by atoms with Crippen LogP contribution < -0.4 is 5.32 Å². The monoisotopic (exact) mass is 230 g/mol. The minimum atomic E-state index is 0.796. The third-order valence-electron chi connectivity index (χ3n) is 2.73. The van der Waals surface area contributed by atoms with Crippen LogP contribution in [-0.2, 0) is 6.42 Å². The fourth-order valence-electron chi connectivity index (χ4n) is 1.77. The SMILES string of the molecule is CCNCCc1ncc(-c2ccccc2C)o1. The summed E-state index contributed by atoms with van der Waals surface area (Å²) in [4.78, 5) is 4.30. The number of hydrogen-bond acceptors (Lipinski definition) is 3. The molecule has 1 aromatic heterocycles. The van der Waals surface area contributed by atoms with Crippen LogP contribution in [0.3, 0.4) is 0 Å². The summed E-state index contributed by atoms with van der Waals surface area (Å²) in [5.41, 5.74) is 2.33. The molecule has 0 amide bonds. The molecule has 0 spiro atoms. The van der Waals surface area contributed by atoms with E-state index >= 15 is 0 Å². The van der Waals surface area contributed by atoms with Gasteiger partial charge in [0.25, 0.3) is 0 Å². The lowest BCUT2D eigenvalue weighted by Crippen LogP contribution is -2.16. The second-order valence-corrected chi connectivity index (χ2v) is 4.04. The first-order valence-corrected chi connectivity index (χ1v) is 6.02. The van der Waals surface area contributed by atoms with Crippen molar-refractivity contribution in [3.63, 3.8) is 0 Å². The van der Waals surface area contributed by atoms with Gasteiger partial charge in [-0.2, -0.15) is 0 Å². The van der Waals surface area contributed by atoms with Crippen molar-refractivity contribution in [3.8, 4) is 11.3 Å². The van der Waals surface area contributed by atoms with Crippen LogP contribution in [0.2, 0.25) is 0 Å². The van der Waals surface area contributed by atoms with Gasteiger partial charge in [-0.15, -0.1) is 0 Å². The first kappa shape index (κ1) is 11.9. The lowest BCUT2D eigenvalue weighted by Gasteiger charge is -2.00. The number of nitrogens with zero attached hydrogens (tertiary/aromatic N) is 1. The second-order valence-electron chi connectivity index (χ2n) is 4.04. The molecule has 1 aromatic carbocycles. The number of oxazole rings is 1. The van der Waals surface area contributed by atoms with E-state index in [4.69, 9.17) is 4.42 Å². The number of benzene rings is 1. The Kier molecular flexibility index (Phi) is 3.94. The maximum atomic E-state index is 5.75. The molecule has 0 aliphatic rings. The maximum Gasteiger partial charge on any atom is 0.196 e. The topological polar surface area (TPSA) is 38.1 Å². The van der Waals surface area contributed by atoms with E-state index in [-0.39, 0.29) is 0 Å². The summed E-state index contributed by atoms with van der Waals surface area (Å²) in [6.45, 7) is 6.06. The van der Waals surface area contributed by atoms with Crippen LogP contribution in [-0.4, -0.2) is 18.1 Å². The van der Waals surface area contributed by atoms with Crippen molar-refractivity contribution in [2.24, 2.45) is 0 Å². The van der Waals surface area contributed by atoms with E-state index in [1.807, 2.05) is 18.3 Å². The predicted octanol–water partition coefficient (Wildman–Crippen LogP) is 2.80. The largest absolute Gasteiger partial charge is 0.441 e. The summed E-state index contributed by atoms with van der Waals surface area (Å²) in [5, 5.41) is 3.26. The lowest BCUT2D eigenvalue weighted by atomic mass is 10.1. The normalized spacial score (nSPS) is 10.7. The predicted molar refractivity (Wildman–Crippen MR) is 68.9 cm³/mol. The Labute approximate surface area is 102 Å². The molecular formula is C14H18N2O. The van der Waals surface area contributed by atoms with Crippen molar-refractivity contribution in [3.05, 3.63) is 41.9 Å². The second kappa shape index (κ2) is 5.64. The van der Waals surface area contributed by atoms with Gasteiger partial charge in [-0.05, 0) is 19.0 Å². The first-order chi connectivity index (χ1) is 8.31. The molecule has 2 aromatic rings. The molecule has 2 rings (SSSR count). The Hall–Kier alpha value is -1.61. The van der Waals surface area contributed by atoms with Gasteiger partial charge >= 0.3 is 0 Å². The Morgan fingerprint density at radius 3 is 2.88 bits per heavy atom. The van der Waals surface area contributed by atoms with Crippen molar-refractivity contribution < 1.29 is 4.42 Å². The van der Waals surface area contributed by atoms with Crippen LogP contribution in [0.15, 0.2) is 34.9 Å². The van der Waals surface area contributed by atoms with Crippen LogP contribution in [0.4, 0.5) is 0 Å². The Bertz CT molecular complexity index is 477. The van der Waals surface area contributed by atoms with Gasteiger partial charge in [0, 0.05) is 18.5 Å². The molecule has 0 unspecified atom stereocenters.